The number of nitrogens with one attached hydrogen (secondary N) is 1. The highest BCUT2D eigenvalue weighted by molar-refractivity contribution is 5.97. The van der Waals surface area contributed by atoms with Crippen LogP contribution in [0.1, 0.15) is 46.1 Å². The van der Waals surface area contributed by atoms with Crippen molar-refractivity contribution in [2.24, 2.45) is 0 Å². The highest BCUT2D eigenvalue weighted by Gasteiger charge is 2.33. The van der Waals surface area contributed by atoms with Gasteiger partial charge in [0.05, 0.1) is 18.5 Å². The quantitative estimate of drug-likeness (QED) is 0.799. The second kappa shape index (κ2) is 7.98. The first kappa shape index (κ1) is 17.4. The van der Waals surface area contributed by atoms with Crippen molar-refractivity contribution in [2.75, 3.05) is 18.5 Å². The van der Waals surface area contributed by atoms with Gasteiger partial charge in [-0.3, -0.25) is 4.79 Å². The number of anilines is 1. The summed E-state index contributed by atoms with van der Waals surface area (Å²) in [6.45, 7) is 10.6. The van der Waals surface area contributed by atoms with E-state index in [1.807, 2.05) is 40.7 Å². The highest BCUT2D eigenvalue weighted by Crippen LogP contribution is 2.23. The Morgan fingerprint density at radius 3 is 2.57 bits per heavy atom. The Kier molecular flexibility index (Phi) is 6.62. The Morgan fingerprint density at radius 1 is 1.33 bits per heavy atom. The fourth-order valence-corrected chi connectivity index (χ4v) is 2.23. The number of hydrogen-bond acceptors (Lipinski definition) is 4. The summed E-state index contributed by atoms with van der Waals surface area (Å²) in [5.41, 5.74) is 0.738. The zero-order valence-electron chi connectivity index (χ0n) is 13.7. The maximum atomic E-state index is 12.4. The van der Waals surface area contributed by atoms with Crippen LogP contribution in [-0.4, -0.2) is 29.7 Å². The van der Waals surface area contributed by atoms with Crippen LogP contribution < -0.4 is 10.1 Å². The summed E-state index contributed by atoms with van der Waals surface area (Å²) in [4.78, 5) is 16.7. The lowest BCUT2D eigenvalue weighted by molar-refractivity contribution is -0.139. The summed E-state index contributed by atoms with van der Waals surface area (Å²) in [6.07, 6.45) is 3.16. The molecule has 0 aliphatic rings. The zero-order valence-corrected chi connectivity index (χ0v) is 13.7. The molecule has 1 aromatic rings. The molecule has 5 heteroatoms. The number of hydrogen-bond donors (Lipinski definition) is 1. The van der Waals surface area contributed by atoms with Crippen molar-refractivity contribution < 1.29 is 14.3 Å². The van der Waals surface area contributed by atoms with Crippen LogP contribution in [0.5, 0.6) is 5.88 Å². The van der Waals surface area contributed by atoms with Gasteiger partial charge in [-0.05, 0) is 40.2 Å². The number of ether oxygens (including phenoxy) is 2. The molecule has 0 bridgehead atoms. The summed E-state index contributed by atoms with van der Waals surface area (Å²) in [5.74, 6) is 0.452. The topological polar surface area (TPSA) is 60.5 Å². The lowest BCUT2D eigenvalue weighted by Gasteiger charge is -2.27. The van der Waals surface area contributed by atoms with E-state index in [4.69, 9.17) is 9.47 Å². The van der Waals surface area contributed by atoms with E-state index in [-0.39, 0.29) is 5.91 Å². The summed E-state index contributed by atoms with van der Waals surface area (Å²) >= 11 is 0. The van der Waals surface area contributed by atoms with Crippen molar-refractivity contribution in [3.63, 3.8) is 0 Å². The van der Waals surface area contributed by atoms with Gasteiger partial charge in [-0.1, -0.05) is 13.3 Å². The smallest absolute Gasteiger partial charge is 0.256 e. The Hall–Kier alpha value is -1.62. The Bertz CT molecular complexity index is 469. The van der Waals surface area contributed by atoms with Gasteiger partial charge in [0.15, 0.2) is 0 Å². The minimum Gasteiger partial charge on any atom is -0.478 e. The molecule has 0 unspecified atom stereocenters. The molecule has 0 spiro atoms. The van der Waals surface area contributed by atoms with Crippen LogP contribution in [0.25, 0.3) is 0 Å². The second-order valence-electron chi connectivity index (χ2n) is 5.15. The fraction of sp³-hybridized carbons (Fsp3) is 0.625. The van der Waals surface area contributed by atoms with E-state index in [0.717, 1.165) is 12.0 Å². The highest BCUT2D eigenvalue weighted by atomic mass is 16.5. The number of rotatable bonds is 8. The molecular weight excluding hydrogens is 268 g/mol. The van der Waals surface area contributed by atoms with Crippen LogP contribution in [0.4, 0.5) is 5.69 Å². The molecule has 0 aliphatic carbocycles. The second-order valence-corrected chi connectivity index (χ2v) is 5.15. The SMILES string of the molecule is CCC[C@](C)(OCC)C(=O)Nc1cnc(OCC)c(C)c1. The monoisotopic (exact) mass is 294 g/mol. The van der Waals surface area contributed by atoms with Crippen LogP contribution >= 0.6 is 0 Å². The molecule has 1 aromatic heterocycles. The van der Waals surface area contributed by atoms with Gasteiger partial charge in [0.25, 0.3) is 5.91 Å². The lowest BCUT2D eigenvalue weighted by Crippen LogP contribution is -2.42. The van der Waals surface area contributed by atoms with Crippen LogP contribution in [-0.2, 0) is 9.53 Å². The van der Waals surface area contributed by atoms with Crippen LogP contribution in [0.3, 0.4) is 0 Å². The van der Waals surface area contributed by atoms with Crippen LogP contribution in [0, 0.1) is 6.92 Å². The molecule has 1 heterocycles. The van der Waals surface area contributed by atoms with Gasteiger partial charge in [-0.2, -0.15) is 0 Å². The fourth-order valence-electron chi connectivity index (χ4n) is 2.23. The third kappa shape index (κ3) is 4.70. The first-order chi connectivity index (χ1) is 9.96. The number of nitrogens with zero attached hydrogens (tertiary/aromatic N) is 1. The van der Waals surface area contributed by atoms with Crippen molar-refractivity contribution in [1.82, 2.24) is 4.98 Å². The molecule has 1 rings (SSSR count). The first-order valence-corrected chi connectivity index (χ1v) is 7.51. The van der Waals surface area contributed by atoms with Crippen molar-refractivity contribution in [1.29, 1.82) is 0 Å². The van der Waals surface area contributed by atoms with Gasteiger partial charge in [-0.15, -0.1) is 0 Å². The third-order valence-corrected chi connectivity index (χ3v) is 3.24. The molecule has 0 aliphatic heterocycles. The van der Waals surface area contributed by atoms with E-state index < -0.39 is 5.60 Å². The van der Waals surface area contributed by atoms with Gasteiger partial charge in [0.2, 0.25) is 5.88 Å². The number of amides is 1. The average molecular weight is 294 g/mol. The zero-order chi connectivity index (χ0) is 15.9. The number of pyridine rings is 1. The molecular formula is C16H26N2O3. The van der Waals surface area contributed by atoms with E-state index in [9.17, 15) is 4.79 Å². The Balaban J connectivity index is 2.84. The van der Waals surface area contributed by atoms with Gasteiger partial charge >= 0.3 is 0 Å². The van der Waals surface area contributed by atoms with Crippen molar-refractivity contribution >= 4 is 11.6 Å². The van der Waals surface area contributed by atoms with E-state index in [2.05, 4.69) is 10.3 Å². The maximum Gasteiger partial charge on any atom is 0.256 e. The lowest BCUT2D eigenvalue weighted by atomic mass is 9.99. The molecule has 0 fully saturated rings. The van der Waals surface area contributed by atoms with Gasteiger partial charge in [0.1, 0.15) is 5.60 Å². The largest absolute Gasteiger partial charge is 0.478 e. The van der Waals surface area contributed by atoms with Crippen molar-refractivity contribution in [3.05, 3.63) is 17.8 Å². The van der Waals surface area contributed by atoms with E-state index >= 15 is 0 Å². The van der Waals surface area contributed by atoms with E-state index in [1.165, 1.54) is 0 Å². The number of aromatic nitrogens is 1. The number of aryl methyl sites for hydroxylation is 1. The summed E-state index contributed by atoms with van der Waals surface area (Å²) < 4.78 is 11.0. The normalized spacial score (nSPS) is 13.6. The van der Waals surface area contributed by atoms with Gasteiger partial charge in [0, 0.05) is 12.2 Å². The summed E-state index contributed by atoms with van der Waals surface area (Å²) in [5, 5.41) is 2.88. The molecule has 0 saturated carbocycles. The molecule has 1 N–H and O–H groups in total. The first-order valence-electron chi connectivity index (χ1n) is 7.51. The van der Waals surface area contributed by atoms with E-state index in [0.29, 0.717) is 31.2 Å². The van der Waals surface area contributed by atoms with E-state index in [1.54, 1.807) is 6.20 Å². The van der Waals surface area contributed by atoms with Crippen molar-refractivity contribution in [3.8, 4) is 5.88 Å². The molecule has 1 amide bonds. The minimum absolute atomic E-state index is 0.142. The van der Waals surface area contributed by atoms with Crippen LogP contribution in [0.15, 0.2) is 12.3 Å². The molecule has 118 valence electrons. The van der Waals surface area contributed by atoms with Crippen molar-refractivity contribution in [2.45, 2.75) is 53.1 Å². The number of carbonyl (C=O) groups excluding carboxylic acids is 1. The predicted octanol–water partition coefficient (Wildman–Crippen LogP) is 3.32. The molecule has 0 aromatic carbocycles. The molecule has 0 radical (unpaired) electrons. The Morgan fingerprint density at radius 2 is 2.05 bits per heavy atom. The molecule has 21 heavy (non-hydrogen) atoms. The summed E-state index contributed by atoms with van der Waals surface area (Å²) in [6, 6.07) is 1.86. The number of carbonyl (C=O) groups is 1. The summed E-state index contributed by atoms with van der Waals surface area (Å²) in [7, 11) is 0. The minimum atomic E-state index is -0.810. The predicted molar refractivity (Wildman–Crippen MR) is 83.7 cm³/mol. The molecule has 1 atom stereocenters. The Labute approximate surface area is 127 Å². The molecule has 5 nitrogen and oxygen atoms in total. The average Bonchev–Trinajstić information content (AvgIpc) is 2.42. The third-order valence-electron chi connectivity index (χ3n) is 3.24. The van der Waals surface area contributed by atoms with Gasteiger partial charge < -0.3 is 14.8 Å². The molecule has 0 saturated heterocycles. The maximum absolute atomic E-state index is 12.4. The van der Waals surface area contributed by atoms with Crippen LogP contribution in [0.2, 0.25) is 0 Å². The van der Waals surface area contributed by atoms with Gasteiger partial charge in [-0.25, -0.2) is 4.98 Å². The standard InChI is InChI=1S/C16H26N2O3/c1-6-9-16(5,21-8-3)15(19)18-13-10-12(4)14(17-11-13)20-7-2/h10-11H,6-9H2,1-5H3,(H,18,19)/t16-/m0/s1.